The summed E-state index contributed by atoms with van der Waals surface area (Å²) in [6.07, 6.45) is 0.739. The summed E-state index contributed by atoms with van der Waals surface area (Å²) in [5, 5.41) is 13.1. The molecule has 0 aromatic rings. The number of aliphatic hydroxyl groups is 1. The molecule has 1 fully saturated rings. The van der Waals surface area contributed by atoms with Gasteiger partial charge in [-0.25, -0.2) is 0 Å². The Kier molecular flexibility index (Phi) is 11.8. The van der Waals surface area contributed by atoms with Crippen molar-refractivity contribution < 1.29 is 33.6 Å². The summed E-state index contributed by atoms with van der Waals surface area (Å²) in [5.41, 5.74) is -0.827. The summed E-state index contributed by atoms with van der Waals surface area (Å²) >= 11 is 0. The lowest BCUT2D eigenvalue weighted by molar-refractivity contribution is -0.172. The van der Waals surface area contributed by atoms with Gasteiger partial charge >= 0.3 is 0 Å². The van der Waals surface area contributed by atoms with Crippen molar-refractivity contribution in [3.63, 3.8) is 0 Å². The van der Waals surface area contributed by atoms with Gasteiger partial charge in [0.1, 0.15) is 33.0 Å². The minimum absolute atomic E-state index is 0.0155. The van der Waals surface area contributed by atoms with E-state index in [1.807, 2.05) is 34.6 Å². The highest BCUT2D eigenvalue weighted by atomic mass is 16.7. The Labute approximate surface area is 182 Å². The first-order valence-electron chi connectivity index (χ1n) is 10.8. The van der Waals surface area contributed by atoms with E-state index >= 15 is 0 Å². The van der Waals surface area contributed by atoms with Gasteiger partial charge in [0, 0.05) is 26.1 Å². The van der Waals surface area contributed by atoms with E-state index in [1.165, 1.54) is 7.11 Å². The molecule has 4 atom stereocenters. The largest absolute Gasteiger partial charge is 0.388 e. The van der Waals surface area contributed by atoms with Gasteiger partial charge < -0.3 is 34.1 Å². The van der Waals surface area contributed by atoms with Crippen LogP contribution in [0.3, 0.4) is 0 Å². The number of hydrogen-bond acceptors (Lipinski definition) is 7. The van der Waals surface area contributed by atoms with E-state index in [-0.39, 0.29) is 24.9 Å². The molecular formula is C21H40BNO7. The number of carbonyl (C=O) groups excluding carboxylic acids is 1. The monoisotopic (exact) mass is 429 g/mol. The summed E-state index contributed by atoms with van der Waals surface area (Å²) in [7, 11) is 7.41. The van der Waals surface area contributed by atoms with Gasteiger partial charge in [0.2, 0.25) is 5.91 Å². The van der Waals surface area contributed by atoms with Crippen LogP contribution >= 0.6 is 0 Å². The number of carbonyl (C=O) groups is 1. The highest BCUT2D eigenvalue weighted by molar-refractivity contribution is 6.11. The number of methoxy groups -OCH3 is 1. The summed E-state index contributed by atoms with van der Waals surface area (Å²) in [6, 6.07) is -0.728. The van der Waals surface area contributed by atoms with E-state index < -0.39 is 29.9 Å². The first-order chi connectivity index (χ1) is 14.0. The molecule has 0 aromatic heterocycles. The molecule has 2 radical (unpaired) electrons. The van der Waals surface area contributed by atoms with E-state index in [2.05, 4.69) is 5.32 Å². The van der Waals surface area contributed by atoms with Crippen LogP contribution in [0.15, 0.2) is 0 Å². The predicted molar refractivity (Wildman–Crippen MR) is 114 cm³/mol. The molecule has 0 aromatic carbocycles. The SMILES string of the molecule is [B]C1OC(COC)C(O)C1OCOC(C)(C)CCOC(C)(C)CCNC(=O)CCC. The molecule has 2 N–H and O–H groups in total. The van der Waals surface area contributed by atoms with Gasteiger partial charge in [0.15, 0.2) is 0 Å². The van der Waals surface area contributed by atoms with Crippen LogP contribution in [0.5, 0.6) is 0 Å². The Morgan fingerprint density at radius 1 is 1.17 bits per heavy atom. The molecule has 1 amide bonds. The van der Waals surface area contributed by atoms with Crippen LogP contribution in [0, 0.1) is 0 Å². The zero-order valence-electron chi connectivity index (χ0n) is 19.4. The van der Waals surface area contributed by atoms with Crippen molar-refractivity contribution in [3.8, 4) is 0 Å². The van der Waals surface area contributed by atoms with Gasteiger partial charge in [-0.3, -0.25) is 4.79 Å². The Balaban J connectivity index is 2.27. The van der Waals surface area contributed by atoms with Crippen molar-refractivity contribution in [1.29, 1.82) is 0 Å². The quantitative estimate of drug-likeness (QED) is 0.301. The van der Waals surface area contributed by atoms with Crippen molar-refractivity contribution in [3.05, 3.63) is 0 Å². The minimum Gasteiger partial charge on any atom is -0.388 e. The second-order valence-electron chi connectivity index (χ2n) is 8.95. The molecule has 9 heteroatoms. The second kappa shape index (κ2) is 13.0. The van der Waals surface area contributed by atoms with E-state index in [0.29, 0.717) is 26.0 Å². The Hall–Kier alpha value is -0.705. The number of aliphatic hydroxyl groups excluding tert-OH is 1. The fourth-order valence-electron chi connectivity index (χ4n) is 3.07. The van der Waals surface area contributed by atoms with Gasteiger partial charge in [0.05, 0.1) is 24.4 Å². The summed E-state index contributed by atoms with van der Waals surface area (Å²) in [5.74, 6) is 0.0777. The molecule has 1 rings (SSSR count). The first-order valence-corrected chi connectivity index (χ1v) is 10.8. The number of hydrogen-bond donors (Lipinski definition) is 2. The minimum atomic E-state index is -0.867. The number of ether oxygens (including phenoxy) is 5. The summed E-state index contributed by atoms with van der Waals surface area (Å²) in [6.45, 7) is 11.2. The number of rotatable bonds is 15. The lowest BCUT2D eigenvalue weighted by Crippen LogP contribution is -2.39. The molecule has 30 heavy (non-hydrogen) atoms. The molecule has 0 spiro atoms. The molecule has 1 aliphatic heterocycles. The molecule has 0 aliphatic carbocycles. The van der Waals surface area contributed by atoms with Gasteiger partial charge in [-0.15, -0.1) is 0 Å². The van der Waals surface area contributed by atoms with Crippen LogP contribution in [0.1, 0.15) is 60.3 Å². The molecule has 0 saturated carbocycles. The van der Waals surface area contributed by atoms with E-state index in [4.69, 9.17) is 31.5 Å². The molecule has 1 heterocycles. The van der Waals surface area contributed by atoms with Gasteiger partial charge in [-0.2, -0.15) is 0 Å². The second-order valence-corrected chi connectivity index (χ2v) is 8.95. The van der Waals surface area contributed by atoms with Crippen LogP contribution in [0.2, 0.25) is 0 Å². The fourth-order valence-corrected chi connectivity index (χ4v) is 3.07. The predicted octanol–water partition coefficient (Wildman–Crippen LogP) is 1.52. The lowest BCUT2D eigenvalue weighted by atomic mass is 9.93. The highest BCUT2D eigenvalue weighted by Gasteiger charge is 2.41. The number of nitrogens with one attached hydrogen (secondary N) is 1. The van der Waals surface area contributed by atoms with Crippen LogP contribution in [0.4, 0.5) is 0 Å². The van der Waals surface area contributed by atoms with Crippen LogP contribution in [0.25, 0.3) is 0 Å². The summed E-state index contributed by atoms with van der Waals surface area (Å²) < 4.78 is 27.9. The van der Waals surface area contributed by atoms with Crippen LogP contribution < -0.4 is 5.32 Å². The van der Waals surface area contributed by atoms with E-state index in [9.17, 15) is 9.90 Å². The molecule has 1 saturated heterocycles. The molecule has 0 bridgehead atoms. The van der Waals surface area contributed by atoms with Crippen LogP contribution in [-0.4, -0.2) is 88.0 Å². The normalized spacial score (nSPS) is 24.9. The molecule has 8 nitrogen and oxygen atoms in total. The average Bonchev–Trinajstić information content (AvgIpc) is 2.89. The van der Waals surface area contributed by atoms with Gasteiger partial charge in [0.25, 0.3) is 0 Å². The standard InChI is InChI=1S/C21H40BNO7/c1-7-8-16(24)23-11-9-20(2,3)28-12-10-21(4,5)29-14-27-18-17(25)15(13-26-6)30-19(18)22/h15,17-19,25H,7-14H2,1-6H3,(H,23,24). The van der Waals surface area contributed by atoms with E-state index in [1.54, 1.807) is 0 Å². The third kappa shape index (κ3) is 10.1. The third-order valence-electron chi connectivity index (χ3n) is 5.14. The van der Waals surface area contributed by atoms with Gasteiger partial charge in [-0.05, 0) is 47.0 Å². The van der Waals surface area contributed by atoms with Crippen molar-refractivity contribution >= 4 is 13.8 Å². The average molecular weight is 429 g/mol. The van der Waals surface area contributed by atoms with Crippen molar-refractivity contribution in [1.82, 2.24) is 5.32 Å². The molecule has 1 aliphatic rings. The number of amides is 1. The maximum Gasteiger partial charge on any atom is 0.219 e. The third-order valence-corrected chi connectivity index (χ3v) is 5.14. The van der Waals surface area contributed by atoms with Gasteiger partial charge in [-0.1, -0.05) is 6.92 Å². The Morgan fingerprint density at radius 3 is 2.47 bits per heavy atom. The topological polar surface area (TPSA) is 95.5 Å². The zero-order valence-corrected chi connectivity index (χ0v) is 19.4. The Bertz CT molecular complexity index is 504. The van der Waals surface area contributed by atoms with Crippen molar-refractivity contribution in [2.45, 2.75) is 95.8 Å². The Morgan fingerprint density at radius 2 is 1.83 bits per heavy atom. The van der Waals surface area contributed by atoms with Crippen LogP contribution in [-0.2, 0) is 28.5 Å². The zero-order chi connectivity index (χ0) is 22.8. The maximum atomic E-state index is 11.5. The van der Waals surface area contributed by atoms with E-state index in [0.717, 1.165) is 12.8 Å². The smallest absolute Gasteiger partial charge is 0.219 e. The summed E-state index contributed by atoms with van der Waals surface area (Å²) in [4.78, 5) is 11.5. The highest BCUT2D eigenvalue weighted by Crippen LogP contribution is 2.24. The van der Waals surface area contributed by atoms with Crippen molar-refractivity contribution in [2.24, 2.45) is 0 Å². The maximum absolute atomic E-state index is 11.5. The lowest BCUT2D eigenvalue weighted by Gasteiger charge is -2.30. The fraction of sp³-hybridized carbons (Fsp3) is 0.952. The molecule has 4 unspecified atom stereocenters. The van der Waals surface area contributed by atoms with Crippen molar-refractivity contribution in [2.75, 3.05) is 33.7 Å². The molecule has 174 valence electrons. The molecular weight excluding hydrogens is 389 g/mol. The first kappa shape index (κ1) is 27.3.